The highest BCUT2D eigenvalue weighted by atomic mass is 32.2. The topological polar surface area (TPSA) is 60.4 Å². The standard InChI is InChI=1S/C22H26O4S/c1-17(14-15-27(3,24)25)22(16-21(23)20-12-8-5-9-13-20)26-18(2)19-10-6-4-7-11-19/h4-14,18,22H,15-16H2,1-3H3/b17-14-/t18-,22+/m1/s1. The average Bonchev–Trinajstić information content (AvgIpc) is 2.66. The Morgan fingerprint density at radius 3 is 2.15 bits per heavy atom. The summed E-state index contributed by atoms with van der Waals surface area (Å²) in [6.07, 6.45) is 2.27. The molecule has 2 aromatic carbocycles. The Labute approximate surface area is 161 Å². The third-order valence-corrected chi connectivity index (χ3v) is 5.09. The molecule has 0 saturated heterocycles. The molecule has 144 valence electrons. The van der Waals surface area contributed by atoms with Crippen LogP contribution in [0.3, 0.4) is 0 Å². The third-order valence-electron chi connectivity index (χ3n) is 4.32. The molecule has 0 N–H and O–H groups in total. The highest BCUT2D eigenvalue weighted by Crippen LogP contribution is 2.24. The minimum atomic E-state index is -3.13. The number of rotatable bonds is 9. The van der Waals surface area contributed by atoms with E-state index in [0.29, 0.717) is 5.56 Å². The monoisotopic (exact) mass is 386 g/mol. The molecule has 0 amide bonds. The molecule has 0 saturated carbocycles. The van der Waals surface area contributed by atoms with Gasteiger partial charge in [0.25, 0.3) is 0 Å². The molecule has 0 aliphatic carbocycles. The fourth-order valence-corrected chi connectivity index (χ4v) is 3.26. The quantitative estimate of drug-likeness (QED) is 0.473. The van der Waals surface area contributed by atoms with Crippen LogP contribution in [0.1, 0.15) is 42.3 Å². The molecule has 0 unspecified atom stereocenters. The fraction of sp³-hybridized carbons (Fsp3) is 0.318. The zero-order valence-electron chi connectivity index (χ0n) is 16.0. The summed E-state index contributed by atoms with van der Waals surface area (Å²) in [7, 11) is -3.13. The first-order valence-electron chi connectivity index (χ1n) is 8.89. The van der Waals surface area contributed by atoms with Crippen LogP contribution < -0.4 is 0 Å². The fourth-order valence-electron chi connectivity index (χ4n) is 2.69. The van der Waals surface area contributed by atoms with Crippen molar-refractivity contribution < 1.29 is 17.9 Å². The summed E-state index contributed by atoms with van der Waals surface area (Å²) in [6.45, 7) is 3.74. The van der Waals surface area contributed by atoms with Gasteiger partial charge in [-0.05, 0) is 25.0 Å². The molecule has 4 nitrogen and oxygen atoms in total. The summed E-state index contributed by atoms with van der Waals surface area (Å²) in [5, 5.41) is 0. The molecule has 0 bridgehead atoms. The Kier molecular flexibility index (Phi) is 7.51. The first-order chi connectivity index (χ1) is 12.8. The maximum Gasteiger partial charge on any atom is 0.165 e. The molecular weight excluding hydrogens is 360 g/mol. The lowest BCUT2D eigenvalue weighted by molar-refractivity contribution is 0.0140. The van der Waals surface area contributed by atoms with Crippen LogP contribution in [-0.4, -0.2) is 32.3 Å². The van der Waals surface area contributed by atoms with Crippen molar-refractivity contribution in [3.8, 4) is 0 Å². The summed E-state index contributed by atoms with van der Waals surface area (Å²) >= 11 is 0. The summed E-state index contributed by atoms with van der Waals surface area (Å²) in [5.41, 5.74) is 2.37. The third kappa shape index (κ3) is 7.12. The molecule has 0 aromatic heterocycles. The van der Waals surface area contributed by atoms with E-state index in [1.807, 2.05) is 62.4 Å². The number of Topliss-reactive ketones (excluding diaryl/α,β-unsaturated/α-hetero) is 1. The number of benzene rings is 2. The van der Waals surface area contributed by atoms with Crippen LogP contribution in [0.2, 0.25) is 0 Å². The van der Waals surface area contributed by atoms with Gasteiger partial charge in [-0.1, -0.05) is 66.7 Å². The Morgan fingerprint density at radius 2 is 1.59 bits per heavy atom. The van der Waals surface area contributed by atoms with Crippen LogP contribution in [-0.2, 0) is 14.6 Å². The second kappa shape index (κ2) is 9.62. The van der Waals surface area contributed by atoms with E-state index in [4.69, 9.17) is 4.74 Å². The highest BCUT2D eigenvalue weighted by Gasteiger charge is 2.21. The summed E-state index contributed by atoms with van der Waals surface area (Å²) in [5.74, 6) is -0.106. The Morgan fingerprint density at radius 1 is 1.04 bits per heavy atom. The van der Waals surface area contributed by atoms with Crippen LogP contribution in [0.15, 0.2) is 72.3 Å². The predicted octanol–water partition coefficient (Wildman–Crippen LogP) is 4.40. The minimum absolute atomic E-state index is 0.0343. The van der Waals surface area contributed by atoms with Crippen LogP contribution >= 0.6 is 0 Å². The van der Waals surface area contributed by atoms with Gasteiger partial charge >= 0.3 is 0 Å². The van der Waals surface area contributed by atoms with Gasteiger partial charge in [0.1, 0.15) is 0 Å². The van der Waals surface area contributed by atoms with Crippen molar-refractivity contribution in [2.45, 2.75) is 32.5 Å². The predicted molar refractivity (Wildman–Crippen MR) is 109 cm³/mol. The SMILES string of the molecule is C/C(=C/CS(C)(=O)=O)[C@H](CC(=O)c1ccccc1)O[C@H](C)c1ccccc1. The van der Waals surface area contributed by atoms with Gasteiger partial charge < -0.3 is 4.74 Å². The minimum Gasteiger partial charge on any atom is -0.366 e. The molecular formula is C22H26O4S. The molecule has 0 aliphatic heterocycles. The van der Waals surface area contributed by atoms with E-state index in [9.17, 15) is 13.2 Å². The van der Waals surface area contributed by atoms with Gasteiger partial charge in [0.2, 0.25) is 0 Å². The largest absolute Gasteiger partial charge is 0.366 e. The molecule has 5 heteroatoms. The first-order valence-corrected chi connectivity index (χ1v) is 11.0. The van der Waals surface area contributed by atoms with E-state index < -0.39 is 15.9 Å². The number of carbonyl (C=O) groups is 1. The Balaban J connectivity index is 2.20. The lowest BCUT2D eigenvalue weighted by atomic mass is 10.00. The van der Waals surface area contributed by atoms with Gasteiger partial charge in [0.05, 0.1) is 18.0 Å². The van der Waals surface area contributed by atoms with Gasteiger partial charge in [-0.2, -0.15) is 0 Å². The highest BCUT2D eigenvalue weighted by molar-refractivity contribution is 7.90. The first kappa shape index (κ1) is 21.1. The second-order valence-corrected chi connectivity index (χ2v) is 8.90. The lowest BCUT2D eigenvalue weighted by Crippen LogP contribution is -2.22. The van der Waals surface area contributed by atoms with Crippen LogP contribution in [0.4, 0.5) is 0 Å². The second-order valence-electron chi connectivity index (χ2n) is 6.71. The number of sulfone groups is 1. The molecule has 27 heavy (non-hydrogen) atoms. The van der Waals surface area contributed by atoms with Crippen molar-refractivity contribution in [3.63, 3.8) is 0 Å². The number of hydrogen-bond donors (Lipinski definition) is 0. The van der Waals surface area contributed by atoms with E-state index in [0.717, 1.165) is 11.1 Å². The van der Waals surface area contributed by atoms with Crippen LogP contribution in [0.25, 0.3) is 0 Å². The van der Waals surface area contributed by atoms with Crippen molar-refractivity contribution in [1.29, 1.82) is 0 Å². The normalized spacial score (nSPS) is 14.6. The average molecular weight is 387 g/mol. The van der Waals surface area contributed by atoms with Crippen molar-refractivity contribution in [3.05, 3.63) is 83.4 Å². The number of hydrogen-bond acceptors (Lipinski definition) is 4. The van der Waals surface area contributed by atoms with E-state index in [1.165, 1.54) is 6.26 Å². The summed E-state index contributed by atoms with van der Waals surface area (Å²) in [6, 6.07) is 18.8. The zero-order chi connectivity index (χ0) is 19.9. The Hall–Kier alpha value is -2.24. The van der Waals surface area contributed by atoms with Crippen molar-refractivity contribution in [1.82, 2.24) is 0 Å². The van der Waals surface area contributed by atoms with Crippen molar-refractivity contribution in [2.75, 3.05) is 12.0 Å². The maximum absolute atomic E-state index is 12.7. The van der Waals surface area contributed by atoms with Crippen molar-refractivity contribution in [2.24, 2.45) is 0 Å². The van der Waals surface area contributed by atoms with Gasteiger partial charge in [0.15, 0.2) is 15.6 Å². The van der Waals surface area contributed by atoms with E-state index >= 15 is 0 Å². The lowest BCUT2D eigenvalue weighted by Gasteiger charge is -2.23. The molecule has 0 aliphatic rings. The molecule has 0 heterocycles. The Bertz CT molecular complexity index is 871. The molecule has 0 spiro atoms. The zero-order valence-corrected chi connectivity index (χ0v) is 16.8. The van der Waals surface area contributed by atoms with Gasteiger partial charge in [-0.15, -0.1) is 0 Å². The molecule has 2 aromatic rings. The van der Waals surface area contributed by atoms with E-state index in [-0.39, 0.29) is 24.1 Å². The van der Waals surface area contributed by atoms with Gasteiger partial charge in [-0.25, -0.2) is 8.42 Å². The number of carbonyl (C=O) groups excluding carboxylic acids is 1. The van der Waals surface area contributed by atoms with Gasteiger partial charge in [-0.3, -0.25) is 4.79 Å². The smallest absolute Gasteiger partial charge is 0.165 e. The molecule has 2 rings (SSSR count). The molecule has 0 radical (unpaired) electrons. The molecule has 2 atom stereocenters. The van der Waals surface area contributed by atoms with Gasteiger partial charge in [0, 0.05) is 18.2 Å². The van der Waals surface area contributed by atoms with E-state index in [2.05, 4.69) is 0 Å². The number of ketones is 1. The maximum atomic E-state index is 12.7. The van der Waals surface area contributed by atoms with Crippen LogP contribution in [0.5, 0.6) is 0 Å². The van der Waals surface area contributed by atoms with E-state index in [1.54, 1.807) is 18.2 Å². The summed E-state index contributed by atoms with van der Waals surface area (Å²) in [4.78, 5) is 12.7. The summed E-state index contributed by atoms with van der Waals surface area (Å²) < 4.78 is 29.2. The number of ether oxygens (including phenoxy) is 1. The van der Waals surface area contributed by atoms with Crippen molar-refractivity contribution >= 4 is 15.6 Å². The van der Waals surface area contributed by atoms with Crippen LogP contribution in [0, 0.1) is 0 Å². The molecule has 0 fully saturated rings.